The van der Waals surface area contributed by atoms with Crippen molar-refractivity contribution >= 4 is 102 Å². The zero-order valence-electron chi connectivity index (χ0n) is 68.7. The van der Waals surface area contributed by atoms with Crippen LogP contribution in [0.4, 0.5) is 22.0 Å². The van der Waals surface area contributed by atoms with E-state index in [0.717, 1.165) is 40.6 Å². The summed E-state index contributed by atoms with van der Waals surface area (Å²) in [6.45, 7) is 29.5. The van der Waals surface area contributed by atoms with E-state index in [9.17, 15) is 73.9 Å². The molecule has 2 N–H and O–H groups in total. The average Bonchev–Trinajstić information content (AvgIpc) is 1.53. The van der Waals surface area contributed by atoms with Gasteiger partial charge in [0.1, 0.15) is 46.8 Å². The molecular weight excluding hydrogens is 1770 g/mol. The summed E-state index contributed by atoms with van der Waals surface area (Å²) >= 11 is 4.45. The third kappa shape index (κ3) is 23.0. The van der Waals surface area contributed by atoms with Crippen molar-refractivity contribution < 1.29 is 112 Å². The number of ether oxygens (including phenoxy) is 8. The van der Waals surface area contributed by atoms with Crippen LogP contribution >= 0.6 is 45.2 Å². The largest absolute Gasteiger partial charge is 0.743 e. The predicted octanol–water partition coefficient (Wildman–Crippen LogP) is 20.0. The Morgan fingerprint density at radius 2 is 1.09 bits per heavy atom. The maximum atomic E-state index is 13.8. The summed E-state index contributed by atoms with van der Waals surface area (Å²) < 4.78 is 144. The van der Waals surface area contributed by atoms with Gasteiger partial charge in [-0.25, -0.2) is 8.42 Å². The van der Waals surface area contributed by atoms with Crippen LogP contribution in [0.2, 0.25) is 0 Å². The van der Waals surface area contributed by atoms with Gasteiger partial charge < -0.3 is 52.7 Å². The molecule has 4 aliphatic heterocycles. The Balaban J connectivity index is 0.000000179. The number of rotatable bonds is 22. The second kappa shape index (κ2) is 39.5. The fraction of sp³-hybridized carbons (Fsp3) is 0.591. The van der Waals surface area contributed by atoms with E-state index in [2.05, 4.69) is 170 Å². The minimum absolute atomic E-state index is 0.00171. The van der Waals surface area contributed by atoms with Crippen LogP contribution in [-0.2, 0) is 82.9 Å². The lowest BCUT2D eigenvalue weighted by Crippen LogP contribution is -2.54. The molecule has 4 saturated carbocycles. The van der Waals surface area contributed by atoms with Crippen molar-refractivity contribution in [2.24, 2.45) is 45.8 Å². The first-order chi connectivity index (χ1) is 54.2. The molecule has 28 heteroatoms. The second-order valence-corrected chi connectivity index (χ2v) is 39.7. The van der Waals surface area contributed by atoms with Crippen LogP contribution in [0.15, 0.2) is 136 Å². The quantitative estimate of drug-likeness (QED) is 0.0163. The number of carbonyl (C=O) groups excluding carboxylic acids is 6. The number of hydrogen-bond donors (Lipinski definition) is 2. The number of alkyl halides is 5. The number of carbonyl (C=O) groups is 6. The fourth-order valence-electron chi connectivity index (χ4n) is 15.2. The molecule has 8 aliphatic rings. The van der Waals surface area contributed by atoms with Crippen LogP contribution in [0.3, 0.4) is 0 Å². The topological polar surface area (TPSA) is 274 Å². The molecule has 19 nitrogen and oxygen atoms in total. The van der Waals surface area contributed by atoms with Crippen molar-refractivity contribution in [1.82, 2.24) is 0 Å². The Hall–Kier alpha value is -6.35. The molecule has 4 heterocycles. The van der Waals surface area contributed by atoms with Crippen molar-refractivity contribution in [2.75, 3.05) is 0 Å². The Kier molecular flexibility index (Phi) is 32.4. The van der Waals surface area contributed by atoms with E-state index in [1.165, 1.54) is 75.2 Å². The van der Waals surface area contributed by atoms with Gasteiger partial charge in [-0.05, 0) is 293 Å². The van der Waals surface area contributed by atoms with Crippen molar-refractivity contribution in [3.63, 3.8) is 0 Å². The summed E-state index contributed by atoms with van der Waals surface area (Å²) in [4.78, 5) is 76.5. The average molecular weight is 1890 g/mol. The fourth-order valence-corrected chi connectivity index (χ4v) is 19.6. The first-order valence-corrected chi connectivity index (χ1v) is 44.9. The number of hydrogen-bond acceptors (Lipinski definition) is 19. The lowest BCUT2D eigenvalue weighted by Gasteiger charge is -2.34. The van der Waals surface area contributed by atoms with E-state index in [0.29, 0.717) is 42.6 Å². The van der Waals surface area contributed by atoms with Crippen molar-refractivity contribution in [2.45, 2.75) is 298 Å². The van der Waals surface area contributed by atoms with Gasteiger partial charge in [0.25, 0.3) is 6.10 Å². The number of phenolic OH excluding ortho intramolecular Hbond substituents is 2. The van der Waals surface area contributed by atoms with Crippen LogP contribution in [0.1, 0.15) is 230 Å². The third-order valence-electron chi connectivity index (χ3n) is 24.1. The van der Waals surface area contributed by atoms with E-state index in [1.54, 1.807) is 32.9 Å². The zero-order chi connectivity index (χ0) is 86.0. The summed E-state index contributed by atoms with van der Waals surface area (Å²) in [6, 6.07) is 41.2. The standard InChI is InChI=1S/C18H21F5O9S.C18H14OS.C17H26O.C13H18O5.C12H22O2.C10H12I2O/c1-4-16(2,3)15(26)31-11-7-5-6-8(12(24)30-10(6)11)9(7)13(25)32-14(17(19,20)21)18(22,23)33(27,28)29;19-15-11-13-18(14-12-15)20(16-7-3-1-4-8-16)17-9-5-2-6-10-17;1-4-14(2)15-8-10-16(11-9-15)18-17(3)12-6-5-7-13-17;1-4-13(2,3)12(15)18-9-7-5-6-8(16-7)10(9)17-11(6)14;1-5-11(2,3)10(13)14-12(4)8-6-7-9-12;1-3-6(2)8-4-7(11)5-9(12)10(8)13/h6-11,14H,4-5H2,1-3H3,(H,27,28,29);1-14H;8-11,14H,4-7,12-13H2,1-3H3;6-10H,4-5H2,1-3H3;5-9H2,1-4H3;4-6,13H,3H2,1-2H3. The summed E-state index contributed by atoms with van der Waals surface area (Å²) in [5.41, 5.74) is 0.554. The van der Waals surface area contributed by atoms with Gasteiger partial charge in [-0.3, -0.25) is 28.8 Å². The van der Waals surface area contributed by atoms with Crippen LogP contribution in [0.5, 0.6) is 17.2 Å². The van der Waals surface area contributed by atoms with Crippen molar-refractivity contribution in [3.05, 3.63) is 140 Å². The third-order valence-corrected chi connectivity index (χ3v) is 28.7. The predicted molar refractivity (Wildman–Crippen MR) is 443 cm³/mol. The smallest absolute Gasteiger partial charge is 0.432 e. The van der Waals surface area contributed by atoms with Gasteiger partial charge in [0, 0.05) is 15.4 Å². The van der Waals surface area contributed by atoms with E-state index in [1.807, 2.05) is 71.9 Å². The second-order valence-electron chi connectivity index (χ2n) is 33.8. The lowest BCUT2D eigenvalue weighted by atomic mass is 9.78. The van der Waals surface area contributed by atoms with Gasteiger partial charge in [0.2, 0.25) is 0 Å². The molecule has 4 bridgehead atoms. The van der Waals surface area contributed by atoms with Crippen LogP contribution in [-0.4, -0.2) is 124 Å². The highest BCUT2D eigenvalue weighted by molar-refractivity contribution is 14.1. The number of fused-ring (bicyclic) bond motifs is 2. The molecule has 0 radical (unpaired) electrons. The molecule has 0 aromatic heterocycles. The van der Waals surface area contributed by atoms with Gasteiger partial charge in [0.05, 0.1) is 54.6 Å². The molecule has 116 heavy (non-hydrogen) atoms. The Bertz CT molecular complexity index is 4230. The highest BCUT2D eigenvalue weighted by atomic mass is 127. The molecule has 8 fully saturated rings. The maximum absolute atomic E-state index is 13.8. The Morgan fingerprint density at radius 1 is 0.603 bits per heavy atom. The van der Waals surface area contributed by atoms with Gasteiger partial charge in [-0.2, -0.15) is 22.0 Å². The zero-order valence-corrected chi connectivity index (χ0v) is 74.7. The lowest BCUT2D eigenvalue weighted by molar-refractivity contribution is -0.262. The molecule has 0 spiro atoms. The molecule has 640 valence electrons. The molecule has 13 rings (SSSR count). The summed E-state index contributed by atoms with van der Waals surface area (Å²) in [7, 11) is -7.01. The van der Waals surface area contributed by atoms with Gasteiger partial charge >= 0.3 is 47.2 Å². The number of phenols is 2. The first-order valence-electron chi connectivity index (χ1n) is 40.1. The van der Waals surface area contributed by atoms with Gasteiger partial charge in [-0.1, -0.05) is 103 Å². The normalized spacial score (nSPS) is 24.6. The van der Waals surface area contributed by atoms with E-state index in [4.69, 9.17) is 33.2 Å². The highest BCUT2D eigenvalue weighted by Gasteiger charge is 2.72. The highest BCUT2D eigenvalue weighted by Crippen LogP contribution is 2.60. The number of aromatic hydroxyl groups is 2. The first kappa shape index (κ1) is 95.1. The SMILES string of the molecule is CCC(C)(C)C(=O)OC1(C)CCCC1.CCC(C)(C)C(=O)OC1C2CC3C(=O)OC1C3O2.CCC(C)(C)C(=O)OC1C2CC3C1OC(=O)C3C2C(=O)OC(C(F)(F)F)C(F)(F)S(=O)(=O)[O-].CCC(C)c1cc(I)cc(I)c1O.CCC(C)c1ccc(OC2(C)CCCCC2)cc1.Oc1ccc([S+](c2ccccc2)c2ccccc2)cc1. The van der Waals surface area contributed by atoms with E-state index < -0.39 is 104 Å². The number of esters is 6. The van der Waals surface area contributed by atoms with Crippen LogP contribution in [0.25, 0.3) is 0 Å². The molecule has 5 aromatic carbocycles. The summed E-state index contributed by atoms with van der Waals surface area (Å²) in [5.74, 6) is -6.40. The van der Waals surface area contributed by atoms with Crippen molar-refractivity contribution in [3.8, 4) is 17.2 Å². The monoisotopic (exact) mass is 1890 g/mol. The molecule has 4 saturated heterocycles. The maximum Gasteiger partial charge on any atom is 0.432 e. The van der Waals surface area contributed by atoms with Crippen molar-refractivity contribution in [1.29, 1.82) is 0 Å². The molecule has 14 unspecified atom stereocenters. The van der Waals surface area contributed by atoms with Gasteiger partial charge in [-0.15, -0.1) is 0 Å². The molecule has 4 aliphatic carbocycles. The van der Waals surface area contributed by atoms with E-state index in [-0.39, 0.29) is 70.0 Å². The molecule has 0 amide bonds. The minimum Gasteiger partial charge on any atom is -0.743 e. The van der Waals surface area contributed by atoms with E-state index >= 15 is 0 Å². The minimum atomic E-state index is -6.87. The van der Waals surface area contributed by atoms with Gasteiger partial charge in [0.15, 0.2) is 37.0 Å². The molecule has 14 atom stereocenters. The van der Waals surface area contributed by atoms with Crippen LogP contribution < -0.4 is 4.74 Å². The number of halogens is 7. The van der Waals surface area contributed by atoms with Crippen LogP contribution in [0, 0.1) is 53.0 Å². The summed E-state index contributed by atoms with van der Waals surface area (Å²) in [6.07, 6.45) is 1.46. The molecular formula is C88H113F5I2O19S2. The summed E-state index contributed by atoms with van der Waals surface area (Å²) in [5, 5.41) is 13.3. The number of benzene rings is 5. The molecule has 5 aromatic rings. The Labute approximate surface area is 709 Å². The Morgan fingerprint density at radius 3 is 1.59 bits per heavy atom.